The van der Waals surface area contributed by atoms with E-state index in [4.69, 9.17) is 16.3 Å². The van der Waals surface area contributed by atoms with Gasteiger partial charge in [-0.25, -0.2) is 0 Å². The summed E-state index contributed by atoms with van der Waals surface area (Å²) in [5.41, 5.74) is 2.63. The molecule has 2 amide bonds. The zero-order valence-corrected chi connectivity index (χ0v) is 19.2. The van der Waals surface area contributed by atoms with Gasteiger partial charge in [0.2, 0.25) is 0 Å². The van der Waals surface area contributed by atoms with Crippen molar-refractivity contribution in [3.63, 3.8) is 0 Å². The number of amides is 2. The predicted octanol–water partition coefficient (Wildman–Crippen LogP) is 2.84. The minimum atomic E-state index is -0.104. The van der Waals surface area contributed by atoms with Crippen LogP contribution in [0.5, 0.6) is 5.75 Å². The van der Waals surface area contributed by atoms with Crippen LogP contribution in [0.1, 0.15) is 21.7 Å². The molecule has 3 aromatic rings. The highest BCUT2D eigenvalue weighted by molar-refractivity contribution is 6.30. The van der Waals surface area contributed by atoms with E-state index in [1.165, 1.54) is 0 Å². The van der Waals surface area contributed by atoms with Crippen LogP contribution in [0.3, 0.4) is 0 Å². The summed E-state index contributed by atoms with van der Waals surface area (Å²) in [4.78, 5) is 29.3. The van der Waals surface area contributed by atoms with Gasteiger partial charge in [-0.3, -0.25) is 14.3 Å². The van der Waals surface area contributed by atoms with Crippen LogP contribution in [-0.2, 0) is 11.8 Å². The van der Waals surface area contributed by atoms with Gasteiger partial charge in [-0.1, -0.05) is 11.6 Å². The molecule has 1 aliphatic heterocycles. The molecule has 0 atom stereocenters. The minimum Gasteiger partial charge on any atom is -0.484 e. The number of hydrogen-bond acceptors (Lipinski definition) is 4. The molecule has 0 aliphatic carbocycles. The molecule has 32 heavy (non-hydrogen) atoms. The fraction of sp³-hybridized carbons (Fsp3) is 0.348. The summed E-state index contributed by atoms with van der Waals surface area (Å²) in [5.74, 6) is 1.17. The van der Waals surface area contributed by atoms with Crippen molar-refractivity contribution in [1.82, 2.24) is 24.1 Å². The Balaban J connectivity index is 1.38. The smallest absolute Gasteiger partial charge is 0.260 e. The molecule has 0 N–H and O–H groups in total. The van der Waals surface area contributed by atoms with Crippen LogP contribution in [0, 0.1) is 13.8 Å². The Hall–Kier alpha value is -3.26. The van der Waals surface area contributed by atoms with E-state index in [2.05, 4.69) is 5.10 Å². The molecular formula is C23H26ClN5O3. The van der Waals surface area contributed by atoms with Gasteiger partial charge in [0, 0.05) is 49.6 Å². The Morgan fingerprint density at radius 3 is 2.19 bits per heavy atom. The summed E-state index contributed by atoms with van der Waals surface area (Å²) >= 11 is 5.87. The zero-order valence-electron chi connectivity index (χ0n) is 18.4. The largest absolute Gasteiger partial charge is 0.484 e. The molecule has 4 rings (SSSR count). The van der Waals surface area contributed by atoms with Crippen molar-refractivity contribution >= 4 is 23.4 Å². The molecule has 0 spiro atoms. The van der Waals surface area contributed by atoms with Crippen molar-refractivity contribution in [2.45, 2.75) is 13.8 Å². The monoisotopic (exact) mass is 455 g/mol. The quantitative estimate of drug-likeness (QED) is 0.593. The normalized spacial score (nSPS) is 14.0. The Labute approximate surface area is 191 Å². The molecule has 2 aromatic heterocycles. The lowest BCUT2D eigenvalue weighted by Gasteiger charge is -2.34. The number of hydrogen-bond donors (Lipinski definition) is 0. The fourth-order valence-corrected chi connectivity index (χ4v) is 4.07. The van der Waals surface area contributed by atoms with E-state index in [1.54, 1.807) is 44.9 Å². The number of ether oxygens (including phenoxy) is 1. The van der Waals surface area contributed by atoms with Crippen LogP contribution < -0.4 is 4.74 Å². The summed E-state index contributed by atoms with van der Waals surface area (Å²) < 4.78 is 9.32. The molecule has 0 bridgehead atoms. The van der Waals surface area contributed by atoms with Crippen LogP contribution in [-0.4, -0.2) is 68.7 Å². The average molecular weight is 456 g/mol. The lowest BCUT2D eigenvalue weighted by molar-refractivity contribution is -0.134. The number of aryl methyl sites for hydroxylation is 3. The Kier molecular flexibility index (Phi) is 6.23. The van der Waals surface area contributed by atoms with Crippen molar-refractivity contribution in [3.8, 4) is 11.6 Å². The maximum atomic E-state index is 13.3. The summed E-state index contributed by atoms with van der Waals surface area (Å²) in [5, 5.41) is 4.95. The second-order valence-electron chi connectivity index (χ2n) is 7.87. The lowest BCUT2D eigenvalue weighted by atomic mass is 10.2. The molecule has 1 aliphatic rings. The van der Waals surface area contributed by atoms with Crippen LogP contribution in [0.4, 0.5) is 0 Å². The first kappa shape index (κ1) is 22.0. The molecule has 0 unspecified atom stereocenters. The third-order valence-electron chi connectivity index (χ3n) is 5.72. The van der Waals surface area contributed by atoms with Gasteiger partial charge in [0.15, 0.2) is 6.61 Å². The molecule has 1 saturated heterocycles. The number of benzene rings is 1. The Bertz CT molecular complexity index is 1110. The standard InChI is InChI=1S/C23H26ClN5O3/c1-16-4-5-17(2)29(16)22-20(14-25-26(22)3)23(31)28-12-10-27(11-13-28)21(30)15-32-19-8-6-18(24)7-9-19/h4-9,14H,10-13,15H2,1-3H3. The maximum absolute atomic E-state index is 13.3. The topological polar surface area (TPSA) is 72.6 Å². The van der Waals surface area contributed by atoms with Crippen LogP contribution in [0.15, 0.2) is 42.6 Å². The van der Waals surface area contributed by atoms with Gasteiger partial charge in [0.05, 0.1) is 6.20 Å². The third-order valence-corrected chi connectivity index (χ3v) is 5.97. The van der Waals surface area contributed by atoms with E-state index in [0.717, 1.165) is 17.2 Å². The van der Waals surface area contributed by atoms with Crippen molar-refractivity contribution in [2.24, 2.45) is 7.05 Å². The van der Waals surface area contributed by atoms with Gasteiger partial charge in [-0.05, 0) is 50.2 Å². The van der Waals surface area contributed by atoms with Gasteiger partial charge >= 0.3 is 0 Å². The van der Waals surface area contributed by atoms with Gasteiger partial charge in [0.25, 0.3) is 11.8 Å². The molecule has 168 valence electrons. The number of rotatable bonds is 5. The highest BCUT2D eigenvalue weighted by atomic mass is 35.5. The highest BCUT2D eigenvalue weighted by Gasteiger charge is 2.28. The molecule has 8 nitrogen and oxygen atoms in total. The van der Waals surface area contributed by atoms with E-state index in [9.17, 15) is 9.59 Å². The number of piperazine rings is 1. The fourth-order valence-electron chi connectivity index (χ4n) is 3.95. The van der Waals surface area contributed by atoms with Crippen LogP contribution in [0.2, 0.25) is 5.02 Å². The molecule has 0 radical (unpaired) electrons. The van der Waals surface area contributed by atoms with Gasteiger partial charge in [-0.15, -0.1) is 0 Å². The molecule has 1 aromatic carbocycles. The summed E-state index contributed by atoms with van der Waals surface area (Å²) in [6.07, 6.45) is 1.62. The Morgan fingerprint density at radius 1 is 0.969 bits per heavy atom. The number of nitrogens with zero attached hydrogens (tertiary/aromatic N) is 5. The molecule has 0 saturated carbocycles. The van der Waals surface area contributed by atoms with E-state index < -0.39 is 0 Å². The van der Waals surface area contributed by atoms with Gasteiger partial charge in [0.1, 0.15) is 17.1 Å². The van der Waals surface area contributed by atoms with Gasteiger partial charge < -0.3 is 19.1 Å². The highest BCUT2D eigenvalue weighted by Crippen LogP contribution is 2.22. The van der Waals surface area contributed by atoms with Crippen LogP contribution >= 0.6 is 11.6 Å². The second kappa shape index (κ2) is 9.08. The first-order chi connectivity index (χ1) is 15.3. The van der Waals surface area contributed by atoms with Gasteiger partial charge in [-0.2, -0.15) is 5.10 Å². The second-order valence-corrected chi connectivity index (χ2v) is 8.31. The SMILES string of the molecule is Cc1ccc(C)n1-c1c(C(=O)N2CCN(C(=O)COc3ccc(Cl)cc3)CC2)cnn1C. The minimum absolute atomic E-state index is 0.0471. The van der Waals surface area contributed by atoms with E-state index in [1.807, 2.05) is 37.6 Å². The number of halogens is 1. The molecule has 9 heteroatoms. The number of carbonyl (C=O) groups is 2. The average Bonchev–Trinajstić information content (AvgIpc) is 3.33. The van der Waals surface area contributed by atoms with Crippen LogP contribution in [0.25, 0.3) is 5.82 Å². The first-order valence-corrected chi connectivity index (χ1v) is 10.9. The molecule has 1 fully saturated rings. The van der Waals surface area contributed by atoms with Crippen molar-refractivity contribution in [1.29, 1.82) is 0 Å². The maximum Gasteiger partial charge on any atom is 0.260 e. The number of aromatic nitrogens is 3. The van der Waals surface area contributed by atoms with Crippen molar-refractivity contribution in [3.05, 3.63) is 64.6 Å². The lowest BCUT2D eigenvalue weighted by Crippen LogP contribution is -2.51. The predicted molar refractivity (Wildman–Crippen MR) is 121 cm³/mol. The number of carbonyl (C=O) groups excluding carboxylic acids is 2. The third kappa shape index (κ3) is 4.36. The zero-order chi connectivity index (χ0) is 22.8. The van der Waals surface area contributed by atoms with E-state index >= 15 is 0 Å². The summed E-state index contributed by atoms with van der Waals surface area (Å²) in [7, 11) is 1.84. The van der Waals surface area contributed by atoms with Crippen molar-refractivity contribution in [2.75, 3.05) is 32.8 Å². The van der Waals surface area contributed by atoms with Crippen molar-refractivity contribution < 1.29 is 14.3 Å². The first-order valence-electron chi connectivity index (χ1n) is 10.5. The molecular weight excluding hydrogens is 430 g/mol. The molecule has 3 heterocycles. The van der Waals surface area contributed by atoms with E-state index in [0.29, 0.717) is 42.5 Å². The summed E-state index contributed by atoms with van der Waals surface area (Å²) in [6, 6.07) is 10.9. The summed E-state index contributed by atoms with van der Waals surface area (Å²) in [6.45, 7) is 5.81. The van der Waals surface area contributed by atoms with E-state index in [-0.39, 0.29) is 18.4 Å². The Morgan fingerprint density at radius 2 is 1.56 bits per heavy atom.